The maximum atomic E-state index is 6.15. The number of morpholine rings is 1. The van der Waals surface area contributed by atoms with Crippen molar-refractivity contribution in [2.75, 3.05) is 18.0 Å². The Bertz CT molecular complexity index is 452. The van der Waals surface area contributed by atoms with Crippen molar-refractivity contribution >= 4 is 21.6 Å². The molecule has 0 aliphatic carbocycles. The first-order chi connectivity index (χ1) is 8.72. The van der Waals surface area contributed by atoms with Gasteiger partial charge >= 0.3 is 0 Å². The summed E-state index contributed by atoms with van der Waals surface area (Å²) >= 11 is 3.51. The number of hydrogen-bond donors (Lipinski definition) is 0. The fraction of sp³-hybridized carbons (Fsp3) is 0.625. The molecule has 0 aromatic heterocycles. The van der Waals surface area contributed by atoms with Crippen LogP contribution in [0.5, 0.6) is 0 Å². The molecule has 0 amide bonds. The van der Waals surface area contributed by atoms with Crippen molar-refractivity contribution in [3.05, 3.63) is 29.3 Å². The zero-order valence-corrected chi connectivity index (χ0v) is 14.2. The van der Waals surface area contributed by atoms with E-state index in [0.29, 0.717) is 0 Å². The highest BCUT2D eigenvalue weighted by Crippen LogP contribution is 2.33. The van der Waals surface area contributed by atoms with E-state index in [1.807, 2.05) is 0 Å². The van der Waals surface area contributed by atoms with E-state index in [0.717, 1.165) is 18.4 Å². The Balaban J connectivity index is 2.31. The summed E-state index contributed by atoms with van der Waals surface area (Å²) in [6.45, 7) is 12.7. The summed E-state index contributed by atoms with van der Waals surface area (Å²) < 4.78 is 6.15. The Morgan fingerprint density at radius 2 is 1.74 bits per heavy atom. The lowest BCUT2D eigenvalue weighted by molar-refractivity contribution is -0.133. The van der Waals surface area contributed by atoms with Gasteiger partial charge in [0.25, 0.3) is 0 Å². The van der Waals surface area contributed by atoms with E-state index >= 15 is 0 Å². The van der Waals surface area contributed by atoms with Gasteiger partial charge in [-0.3, -0.25) is 0 Å². The van der Waals surface area contributed by atoms with Crippen LogP contribution in [0.1, 0.15) is 38.8 Å². The smallest absolute Gasteiger partial charge is 0.0808 e. The highest BCUT2D eigenvalue weighted by molar-refractivity contribution is 9.08. The number of rotatable bonds is 2. The van der Waals surface area contributed by atoms with Gasteiger partial charge in [0.2, 0.25) is 0 Å². The van der Waals surface area contributed by atoms with E-state index in [2.05, 4.69) is 73.6 Å². The molecular weight excluding hydrogens is 302 g/mol. The summed E-state index contributed by atoms with van der Waals surface area (Å²) in [5, 5.41) is 0.911. The first kappa shape index (κ1) is 14.9. The second-order valence-corrected chi connectivity index (χ2v) is 7.29. The molecule has 0 N–H and O–H groups in total. The standard InChI is InChI=1S/C16H24BrNO/c1-12-8-13(9-17)6-7-14(12)18-10-15(2,3)19-16(4,5)11-18/h6-8H,9-11H2,1-5H3. The number of aryl methyl sites for hydroxylation is 1. The van der Waals surface area contributed by atoms with Crippen molar-refractivity contribution in [1.82, 2.24) is 0 Å². The third-order valence-electron chi connectivity index (χ3n) is 3.45. The lowest BCUT2D eigenvalue weighted by Gasteiger charge is -2.48. The van der Waals surface area contributed by atoms with Crippen molar-refractivity contribution in [2.45, 2.75) is 51.2 Å². The molecule has 1 aromatic rings. The predicted octanol–water partition coefficient (Wildman–Crippen LogP) is 4.28. The molecule has 0 atom stereocenters. The van der Waals surface area contributed by atoms with Gasteiger partial charge in [0, 0.05) is 24.1 Å². The minimum absolute atomic E-state index is 0.109. The maximum absolute atomic E-state index is 6.15. The number of hydrogen-bond acceptors (Lipinski definition) is 2. The second kappa shape index (κ2) is 5.10. The normalized spacial score (nSPS) is 21.5. The van der Waals surface area contributed by atoms with Crippen LogP contribution in [0.3, 0.4) is 0 Å². The monoisotopic (exact) mass is 325 g/mol. The Morgan fingerprint density at radius 3 is 2.21 bits per heavy atom. The molecule has 1 aromatic carbocycles. The van der Waals surface area contributed by atoms with Gasteiger partial charge in [-0.15, -0.1) is 0 Å². The molecule has 19 heavy (non-hydrogen) atoms. The van der Waals surface area contributed by atoms with E-state index in [9.17, 15) is 0 Å². The summed E-state index contributed by atoms with van der Waals surface area (Å²) in [6, 6.07) is 6.70. The molecular formula is C16H24BrNO. The summed E-state index contributed by atoms with van der Waals surface area (Å²) in [5.41, 5.74) is 3.78. The Labute approximate surface area is 125 Å². The zero-order chi connectivity index (χ0) is 14.3. The van der Waals surface area contributed by atoms with Crippen molar-refractivity contribution in [1.29, 1.82) is 0 Å². The highest BCUT2D eigenvalue weighted by Gasteiger charge is 2.38. The Kier molecular flexibility index (Phi) is 3.99. The topological polar surface area (TPSA) is 12.5 Å². The van der Waals surface area contributed by atoms with Crippen molar-refractivity contribution in [3.8, 4) is 0 Å². The molecule has 1 heterocycles. The second-order valence-electron chi connectivity index (χ2n) is 6.73. The molecule has 3 heteroatoms. The van der Waals surface area contributed by atoms with Gasteiger partial charge in [0.1, 0.15) is 0 Å². The van der Waals surface area contributed by atoms with Gasteiger partial charge in [-0.1, -0.05) is 28.1 Å². The van der Waals surface area contributed by atoms with Gasteiger partial charge in [0.05, 0.1) is 11.2 Å². The van der Waals surface area contributed by atoms with Crippen LogP contribution in [-0.2, 0) is 10.1 Å². The van der Waals surface area contributed by atoms with Crippen molar-refractivity contribution in [2.24, 2.45) is 0 Å². The average Bonchev–Trinajstić information content (AvgIpc) is 2.24. The summed E-state index contributed by atoms with van der Waals surface area (Å²) in [4.78, 5) is 2.46. The molecule has 1 aliphatic rings. The van der Waals surface area contributed by atoms with Crippen LogP contribution in [0, 0.1) is 6.92 Å². The first-order valence-electron chi connectivity index (χ1n) is 6.83. The number of halogens is 1. The van der Waals surface area contributed by atoms with Crippen molar-refractivity contribution < 1.29 is 4.74 Å². The van der Waals surface area contributed by atoms with E-state index in [4.69, 9.17) is 4.74 Å². The van der Waals surface area contributed by atoms with Crippen LogP contribution in [0.15, 0.2) is 18.2 Å². The van der Waals surface area contributed by atoms with Crippen LogP contribution in [-0.4, -0.2) is 24.3 Å². The van der Waals surface area contributed by atoms with Crippen LogP contribution in [0.2, 0.25) is 0 Å². The summed E-state index contributed by atoms with van der Waals surface area (Å²) in [6.07, 6.45) is 0. The summed E-state index contributed by atoms with van der Waals surface area (Å²) in [5.74, 6) is 0. The van der Waals surface area contributed by atoms with Gasteiger partial charge in [-0.05, 0) is 51.8 Å². The minimum atomic E-state index is -0.109. The Hall–Kier alpha value is -0.540. The fourth-order valence-electron chi connectivity index (χ4n) is 3.11. The maximum Gasteiger partial charge on any atom is 0.0808 e. The molecule has 1 fully saturated rings. The van der Waals surface area contributed by atoms with Crippen LogP contribution < -0.4 is 4.90 Å². The first-order valence-corrected chi connectivity index (χ1v) is 7.95. The molecule has 0 saturated carbocycles. The summed E-state index contributed by atoms with van der Waals surface area (Å²) in [7, 11) is 0. The lowest BCUT2D eigenvalue weighted by Crippen LogP contribution is -2.57. The van der Waals surface area contributed by atoms with E-state index in [1.54, 1.807) is 0 Å². The lowest BCUT2D eigenvalue weighted by atomic mass is 9.97. The predicted molar refractivity (Wildman–Crippen MR) is 85.3 cm³/mol. The molecule has 0 radical (unpaired) electrons. The highest BCUT2D eigenvalue weighted by atomic mass is 79.9. The number of alkyl halides is 1. The van der Waals surface area contributed by atoms with E-state index in [1.165, 1.54) is 16.8 Å². The van der Waals surface area contributed by atoms with Crippen LogP contribution >= 0.6 is 15.9 Å². The molecule has 0 unspecified atom stereocenters. The van der Waals surface area contributed by atoms with Crippen LogP contribution in [0.4, 0.5) is 5.69 Å². The third kappa shape index (κ3) is 3.51. The third-order valence-corrected chi connectivity index (χ3v) is 4.10. The molecule has 0 bridgehead atoms. The average molecular weight is 326 g/mol. The fourth-order valence-corrected chi connectivity index (χ4v) is 3.46. The number of ether oxygens (including phenoxy) is 1. The molecule has 106 valence electrons. The Morgan fingerprint density at radius 1 is 1.16 bits per heavy atom. The van der Waals surface area contributed by atoms with Gasteiger partial charge < -0.3 is 9.64 Å². The van der Waals surface area contributed by atoms with Gasteiger partial charge in [-0.2, -0.15) is 0 Å². The molecule has 1 aliphatic heterocycles. The quantitative estimate of drug-likeness (QED) is 0.752. The van der Waals surface area contributed by atoms with Crippen LogP contribution in [0.25, 0.3) is 0 Å². The molecule has 2 nitrogen and oxygen atoms in total. The molecule has 0 spiro atoms. The van der Waals surface area contributed by atoms with E-state index in [-0.39, 0.29) is 11.2 Å². The minimum Gasteiger partial charge on any atom is -0.366 e. The molecule has 2 rings (SSSR count). The van der Waals surface area contributed by atoms with Gasteiger partial charge in [0.15, 0.2) is 0 Å². The van der Waals surface area contributed by atoms with Gasteiger partial charge in [-0.25, -0.2) is 0 Å². The van der Waals surface area contributed by atoms with E-state index < -0.39 is 0 Å². The number of anilines is 1. The zero-order valence-electron chi connectivity index (χ0n) is 12.6. The largest absolute Gasteiger partial charge is 0.366 e. The number of benzene rings is 1. The molecule has 1 saturated heterocycles. The SMILES string of the molecule is Cc1cc(CBr)ccc1N1CC(C)(C)OC(C)(C)C1. The van der Waals surface area contributed by atoms with Crippen molar-refractivity contribution in [3.63, 3.8) is 0 Å². The number of nitrogens with zero attached hydrogens (tertiary/aromatic N) is 1.